The topological polar surface area (TPSA) is 72.3 Å². The molecule has 3 aromatic rings. The molecule has 0 N–H and O–H groups in total. The summed E-state index contributed by atoms with van der Waals surface area (Å²) >= 11 is 0. The molecule has 2 aromatic heterocycles. The van der Waals surface area contributed by atoms with E-state index >= 15 is 0 Å². The highest BCUT2D eigenvalue weighted by molar-refractivity contribution is 6.16. The second kappa shape index (κ2) is 4.68. The van der Waals surface area contributed by atoms with Crippen LogP contribution in [-0.2, 0) is 6.18 Å². The number of amidine groups is 1. The number of nitrogens with zero attached hydrogens (tertiary/aromatic N) is 6. The Morgan fingerprint density at radius 2 is 2.00 bits per heavy atom. The normalized spacial score (nSPS) is 15.6. The van der Waals surface area contributed by atoms with E-state index in [1.807, 2.05) is 29.2 Å². The van der Waals surface area contributed by atoms with E-state index in [4.69, 9.17) is 0 Å². The summed E-state index contributed by atoms with van der Waals surface area (Å²) in [7, 11) is 0. The smallest absolute Gasteiger partial charge is 0.329 e. The van der Waals surface area contributed by atoms with Crippen molar-refractivity contribution >= 4 is 11.7 Å². The quantitative estimate of drug-likeness (QED) is 0.677. The summed E-state index contributed by atoms with van der Waals surface area (Å²) in [6.07, 6.45) is -3.15. The molecule has 5 rings (SSSR count). The maximum absolute atomic E-state index is 12.7. The van der Waals surface area contributed by atoms with E-state index in [-0.39, 0.29) is 11.5 Å². The number of anilines is 1. The molecule has 0 atom stereocenters. The molecule has 0 spiro atoms. The van der Waals surface area contributed by atoms with Crippen molar-refractivity contribution in [1.82, 2.24) is 19.7 Å². The highest BCUT2D eigenvalue weighted by atomic mass is 19.4. The first-order valence-electron chi connectivity index (χ1n) is 7.44. The molecule has 0 saturated carbocycles. The van der Waals surface area contributed by atoms with E-state index in [1.54, 1.807) is 10.9 Å². The monoisotopic (exact) mass is 346 g/mol. The van der Waals surface area contributed by atoms with Gasteiger partial charge in [0.1, 0.15) is 12.2 Å². The molecule has 7 nitrogen and oxygen atoms in total. The first-order valence-corrected chi connectivity index (χ1v) is 7.44. The molecule has 126 valence electrons. The average molecular weight is 346 g/mol. The van der Waals surface area contributed by atoms with Gasteiger partial charge in [0.05, 0.1) is 12.2 Å². The first kappa shape index (κ1) is 14.2. The van der Waals surface area contributed by atoms with E-state index in [9.17, 15) is 13.2 Å². The lowest BCUT2D eigenvalue weighted by atomic mass is 10.1. The number of imidazole rings is 1. The summed E-state index contributed by atoms with van der Waals surface area (Å²) in [4.78, 5) is 14.1. The first-order chi connectivity index (χ1) is 12.0. The van der Waals surface area contributed by atoms with Gasteiger partial charge in [0.25, 0.3) is 0 Å². The minimum atomic E-state index is -4.70. The Hall–Kier alpha value is -3.17. The van der Waals surface area contributed by atoms with Gasteiger partial charge < -0.3 is 9.42 Å². The Morgan fingerprint density at radius 3 is 2.80 bits per heavy atom. The van der Waals surface area contributed by atoms with Crippen molar-refractivity contribution in [3.8, 4) is 17.2 Å². The third-order valence-electron chi connectivity index (χ3n) is 4.12. The predicted molar refractivity (Wildman–Crippen MR) is 80.6 cm³/mol. The molecule has 2 aliphatic heterocycles. The van der Waals surface area contributed by atoms with Crippen LogP contribution in [0.2, 0.25) is 0 Å². The van der Waals surface area contributed by atoms with Gasteiger partial charge in [-0.15, -0.1) is 0 Å². The van der Waals surface area contributed by atoms with Gasteiger partial charge >= 0.3 is 12.1 Å². The lowest BCUT2D eigenvalue weighted by molar-refractivity contribution is -0.159. The van der Waals surface area contributed by atoms with Gasteiger partial charge in [-0.05, 0) is 12.1 Å². The second-order valence-corrected chi connectivity index (χ2v) is 5.58. The molecule has 2 aliphatic rings. The summed E-state index contributed by atoms with van der Waals surface area (Å²) in [5.74, 6) is -0.239. The van der Waals surface area contributed by atoms with Gasteiger partial charge in [0.2, 0.25) is 5.82 Å². The lowest BCUT2D eigenvalue weighted by Crippen LogP contribution is -2.34. The predicted octanol–water partition coefficient (Wildman–Crippen LogP) is 2.52. The standard InChI is InChI=1S/C15H9F3N6O/c16-15(17,18)14-21-11(22-25-14)10-13-23-6-5-19-12(23)8-3-1-2-4-9(8)24(13)7-20-10/h1-4,7H,5-6H2. The van der Waals surface area contributed by atoms with Gasteiger partial charge in [0, 0.05) is 12.1 Å². The third-order valence-corrected chi connectivity index (χ3v) is 4.12. The molecule has 0 fully saturated rings. The zero-order chi connectivity index (χ0) is 17.2. The number of rotatable bonds is 1. The van der Waals surface area contributed by atoms with Crippen LogP contribution in [0.15, 0.2) is 40.1 Å². The molecular formula is C15H9F3N6O. The van der Waals surface area contributed by atoms with Crippen LogP contribution in [0.5, 0.6) is 0 Å². The molecular weight excluding hydrogens is 337 g/mol. The molecule has 10 heteroatoms. The fourth-order valence-electron chi connectivity index (χ4n) is 3.13. The number of aromatic nitrogens is 4. The number of aliphatic imine (C=N–C) groups is 1. The summed E-state index contributed by atoms with van der Waals surface area (Å²) in [5, 5.41) is 3.45. The minimum absolute atomic E-state index is 0.202. The molecule has 0 aliphatic carbocycles. The molecule has 0 bridgehead atoms. The van der Waals surface area contributed by atoms with Gasteiger partial charge in [-0.3, -0.25) is 9.56 Å². The van der Waals surface area contributed by atoms with Crippen molar-refractivity contribution < 1.29 is 17.7 Å². The fraction of sp³-hybridized carbons (Fsp3) is 0.200. The minimum Gasteiger partial charge on any atom is -0.329 e. The van der Waals surface area contributed by atoms with Crippen molar-refractivity contribution in [2.24, 2.45) is 4.99 Å². The van der Waals surface area contributed by atoms with Gasteiger partial charge in [-0.2, -0.15) is 18.2 Å². The van der Waals surface area contributed by atoms with Crippen LogP contribution in [0, 0.1) is 0 Å². The van der Waals surface area contributed by atoms with Crippen LogP contribution in [-0.4, -0.2) is 38.6 Å². The number of fused-ring (bicyclic) bond motifs is 6. The molecule has 0 radical (unpaired) electrons. The largest absolute Gasteiger partial charge is 0.471 e. The third kappa shape index (κ3) is 1.93. The number of halogens is 3. The van der Waals surface area contributed by atoms with Crippen LogP contribution >= 0.6 is 0 Å². The SMILES string of the molecule is FC(F)(F)c1nc(-c2ncn3c2N2CCN=C2c2ccccc2-3)no1. The van der Waals surface area contributed by atoms with Crippen LogP contribution in [0.3, 0.4) is 0 Å². The second-order valence-electron chi connectivity index (χ2n) is 5.58. The summed E-state index contributed by atoms with van der Waals surface area (Å²) in [6, 6.07) is 7.64. The van der Waals surface area contributed by atoms with Gasteiger partial charge in [0.15, 0.2) is 11.5 Å². The number of hydrogen-bond acceptors (Lipinski definition) is 6. The molecule has 4 heterocycles. The Labute approximate surface area is 138 Å². The molecule has 0 unspecified atom stereocenters. The molecule has 0 saturated heterocycles. The number of hydrogen-bond donors (Lipinski definition) is 0. The van der Waals surface area contributed by atoms with Crippen LogP contribution in [0.25, 0.3) is 17.2 Å². The van der Waals surface area contributed by atoms with Crippen molar-refractivity contribution in [2.45, 2.75) is 6.18 Å². The molecule has 1 aromatic carbocycles. The highest BCUT2D eigenvalue weighted by Gasteiger charge is 2.40. The maximum atomic E-state index is 12.7. The van der Waals surface area contributed by atoms with Crippen molar-refractivity contribution in [1.29, 1.82) is 0 Å². The lowest BCUT2D eigenvalue weighted by Gasteiger charge is -2.29. The Kier molecular flexibility index (Phi) is 2.66. The number of benzene rings is 1. The van der Waals surface area contributed by atoms with E-state index in [2.05, 4.69) is 24.6 Å². The van der Waals surface area contributed by atoms with E-state index < -0.39 is 12.1 Å². The number of para-hydroxylation sites is 1. The van der Waals surface area contributed by atoms with Gasteiger partial charge in [-0.25, -0.2) is 4.98 Å². The van der Waals surface area contributed by atoms with Crippen molar-refractivity contribution in [3.63, 3.8) is 0 Å². The average Bonchev–Trinajstić information content (AvgIpc) is 3.31. The summed E-state index contributed by atoms with van der Waals surface area (Å²) in [5.41, 5.74) is 2.02. The maximum Gasteiger partial charge on any atom is 0.471 e. The number of alkyl halides is 3. The van der Waals surface area contributed by atoms with Crippen molar-refractivity contribution in [3.05, 3.63) is 42.0 Å². The van der Waals surface area contributed by atoms with E-state index in [1.165, 1.54) is 0 Å². The van der Waals surface area contributed by atoms with Crippen LogP contribution in [0.4, 0.5) is 19.0 Å². The Balaban J connectivity index is 1.71. The summed E-state index contributed by atoms with van der Waals surface area (Å²) in [6.45, 7) is 1.20. The van der Waals surface area contributed by atoms with Gasteiger partial charge in [-0.1, -0.05) is 17.3 Å². The summed E-state index contributed by atoms with van der Waals surface area (Å²) < 4.78 is 44.4. The zero-order valence-corrected chi connectivity index (χ0v) is 12.5. The fourth-order valence-corrected chi connectivity index (χ4v) is 3.13. The van der Waals surface area contributed by atoms with E-state index in [0.717, 1.165) is 17.1 Å². The van der Waals surface area contributed by atoms with Crippen LogP contribution < -0.4 is 4.90 Å². The van der Waals surface area contributed by atoms with Crippen LogP contribution in [0.1, 0.15) is 11.5 Å². The highest BCUT2D eigenvalue weighted by Crippen LogP contribution is 2.39. The zero-order valence-electron chi connectivity index (χ0n) is 12.5. The Bertz CT molecular complexity index is 1020. The molecule has 0 amide bonds. The Morgan fingerprint density at radius 1 is 1.16 bits per heavy atom. The van der Waals surface area contributed by atoms with Crippen molar-refractivity contribution in [2.75, 3.05) is 18.0 Å². The van der Waals surface area contributed by atoms with E-state index in [0.29, 0.717) is 18.9 Å². The molecule has 25 heavy (non-hydrogen) atoms.